The molecular weight excluding hydrogens is 1940 g/mol. The van der Waals surface area contributed by atoms with Crippen molar-refractivity contribution < 1.29 is 33.5 Å². The van der Waals surface area contributed by atoms with Crippen LogP contribution in [0.3, 0.4) is 0 Å². The molecule has 26 nitrogen and oxygen atoms in total. The number of rotatable bonds is 24. The van der Waals surface area contributed by atoms with Crippen LogP contribution in [0.1, 0.15) is 198 Å². The number of fused-ring (bicyclic) bond motifs is 8. The number of anilines is 9. The zero-order chi connectivity index (χ0) is 103. The average molecular weight is 2070 g/mol. The lowest BCUT2D eigenvalue weighted by Gasteiger charge is -2.41. The first-order valence-electron chi connectivity index (χ1n) is 51.7. The molecule has 32 heteroatoms. The Morgan fingerprint density at radius 1 is 0.429 bits per heavy atom. The summed E-state index contributed by atoms with van der Waals surface area (Å²) in [5.74, 6) is 1.15. The van der Waals surface area contributed by atoms with Crippen LogP contribution in [0.2, 0.25) is 0 Å². The number of nitrogen functional groups attached to an aromatic ring is 5. The van der Waals surface area contributed by atoms with E-state index in [1.165, 1.54) is 171 Å². The van der Waals surface area contributed by atoms with Crippen LogP contribution in [0.4, 0.5) is 55.6 Å². The molecule has 15 aromatic rings. The van der Waals surface area contributed by atoms with E-state index in [-0.39, 0.29) is 53.5 Å². The van der Waals surface area contributed by atoms with E-state index in [4.69, 9.17) is 28.7 Å². The minimum absolute atomic E-state index is 0.0781. The lowest BCUT2D eigenvalue weighted by molar-refractivity contribution is 0.0910. The molecule has 2 bridgehead atoms. The molecule has 22 rings (SSSR count). The Morgan fingerprint density at radius 2 is 0.871 bits per heavy atom. The summed E-state index contributed by atoms with van der Waals surface area (Å²) in [6.45, 7) is 27.3. The topological polar surface area (TPSA) is 384 Å². The Morgan fingerprint density at radius 3 is 1.39 bits per heavy atom. The van der Waals surface area contributed by atoms with Crippen molar-refractivity contribution in [1.82, 2.24) is 57.2 Å². The predicted octanol–water partition coefficient (Wildman–Crippen LogP) is 19.2. The number of halogens is 1. The number of aromatic nitrogens is 4. The van der Waals surface area contributed by atoms with Gasteiger partial charge >= 0.3 is 0 Å². The van der Waals surface area contributed by atoms with Crippen LogP contribution in [-0.4, -0.2) is 171 Å². The predicted molar refractivity (Wildman–Crippen MR) is 607 cm³/mol. The second kappa shape index (κ2) is 47.1. The van der Waals surface area contributed by atoms with Gasteiger partial charge in [0.25, 0.3) is 29.5 Å². The van der Waals surface area contributed by atoms with Gasteiger partial charge in [-0.05, 0) is 322 Å². The summed E-state index contributed by atoms with van der Waals surface area (Å²) in [5.41, 5.74) is 52.8. The number of benzene rings is 6. The van der Waals surface area contributed by atoms with Gasteiger partial charge in [-0.25, -0.2) is 24.3 Å². The molecule has 0 radical (unpaired) electrons. The van der Waals surface area contributed by atoms with E-state index >= 15 is 0 Å². The molecule has 3 aliphatic carbocycles. The monoisotopic (exact) mass is 2070 g/mol. The van der Waals surface area contributed by atoms with Crippen molar-refractivity contribution in [3.8, 4) is 0 Å². The second-order valence-electron chi connectivity index (χ2n) is 40.6. The third kappa shape index (κ3) is 25.1. The maximum atomic E-state index is 14.8. The van der Waals surface area contributed by atoms with E-state index in [1.54, 1.807) is 6.07 Å². The van der Waals surface area contributed by atoms with Gasteiger partial charge in [0.15, 0.2) is 0 Å². The van der Waals surface area contributed by atoms with E-state index in [1.807, 2.05) is 114 Å². The Balaban J connectivity index is 0.000000121. The number of aliphatic hydroxyl groups excluding tert-OH is 1. The minimum atomic E-state index is -0.270. The smallest absolute Gasteiger partial charge is 0.263 e. The van der Waals surface area contributed by atoms with Gasteiger partial charge in [0, 0.05) is 176 Å². The van der Waals surface area contributed by atoms with Crippen LogP contribution in [0.15, 0.2) is 170 Å². The van der Waals surface area contributed by atoms with Gasteiger partial charge in [-0.2, -0.15) is 0 Å². The molecule has 2 unspecified atom stereocenters. The maximum Gasteiger partial charge on any atom is 0.263 e. The van der Waals surface area contributed by atoms with Crippen LogP contribution in [0.25, 0.3) is 51.0 Å². The third-order valence-electron chi connectivity index (χ3n) is 29.5. The number of pyridine rings is 4. The molecule has 13 heterocycles. The first kappa shape index (κ1) is 104. The highest BCUT2D eigenvalue weighted by Crippen LogP contribution is 2.44. The number of nitrogens with one attached hydrogen (secondary N) is 7. The summed E-state index contributed by atoms with van der Waals surface area (Å²) >= 11 is 6.85. The Bertz CT molecular complexity index is 7270. The van der Waals surface area contributed by atoms with Crippen molar-refractivity contribution in [3.63, 3.8) is 0 Å². The summed E-state index contributed by atoms with van der Waals surface area (Å²) in [6.07, 6.45) is 17.6. The normalized spacial score (nSPS) is 17.9. The average Bonchev–Trinajstić information content (AvgIpc) is 1.61. The molecule has 3 atom stereocenters. The van der Waals surface area contributed by atoms with Gasteiger partial charge in [-0.1, -0.05) is 66.7 Å². The van der Waals surface area contributed by atoms with Gasteiger partial charge in [0.2, 0.25) is 0 Å². The summed E-state index contributed by atoms with van der Waals surface area (Å²) in [7, 11) is 0. The molecule has 9 aromatic heterocycles. The molecule has 0 spiro atoms. The van der Waals surface area contributed by atoms with Crippen molar-refractivity contribution in [2.45, 2.75) is 169 Å². The highest BCUT2D eigenvalue weighted by atomic mass is 32.1. The van der Waals surface area contributed by atoms with E-state index in [2.05, 4.69) is 175 Å². The molecule has 6 fully saturated rings. The summed E-state index contributed by atoms with van der Waals surface area (Å²) in [5, 5.41) is 35.8. The number of aliphatic hydroxyl groups is 1. The van der Waals surface area contributed by atoms with E-state index in [0.29, 0.717) is 109 Å². The molecule has 5 amide bonds. The van der Waals surface area contributed by atoms with E-state index < -0.39 is 0 Å². The van der Waals surface area contributed by atoms with Gasteiger partial charge < -0.3 is 90.6 Å². The Hall–Kier alpha value is -12.9. The molecule has 4 aliphatic heterocycles. The molecule has 18 N–H and O–H groups in total. The molecule has 7 aliphatic rings. The largest absolute Gasteiger partial charge is 0.397 e. The molecule has 147 heavy (non-hydrogen) atoms. The number of amides is 5. The molecular formula is C115H135FN20O6S5. The van der Waals surface area contributed by atoms with Gasteiger partial charge in [0.1, 0.15) is 49.5 Å². The number of carbonyl (C=O) groups excluding carboxylic acids is 5. The van der Waals surface area contributed by atoms with Crippen molar-refractivity contribution >= 4 is 188 Å². The Labute approximate surface area is 879 Å². The molecule has 6 aromatic carbocycles. The standard InChI is InChI=1S/C24H27FN4OS.C24H30N4O2S.C23H27N5OS.C23H28N4OS.C21H23N3OS/c1-14-2-6-18-21(26)22(31-24(18)28-14)23(30)27-9-8-15-5-7-20(19(25)11-15)29-12-16-3-4-17(10-16)13-29;1-16-3-8-19-20(13-16)31-22(21(19)25)23(30)26-10-9-17-4-6-18(7-5-17)28-12-11-27-24(2,14-28)15-29;1-14-2-7-19-20(24)21(30-23(19)26-14)22(29)27-17-12-16(13-17)15-3-5-18(6-4-15)28-10-8-25-9-11-28;1-15-14-18(27-12-4-3-5-13-27)8-7-17(15)10-11-25-22(28)21-20(24)19-9-6-16(2)26-23(19)29-21;1-13-6-9-17-18(22)19(26-21(17)24-13)20(25)23-11-10-14-7-8-15-4-2-3-5-16(15)12-14/h2,5-7,11,16-17H,3-4,8-10,12-13,26H2,1H3,(H,27,30);3-8,13,27,29H,9-12,14-15,25H2,1-2H3,(H,26,30);2-7,16-17,25H,8-13,24H2,1H3,(H,27,29);6-9,14H,3-5,10-13,24H2,1-2H3,(H,25,28);6-9,12H,2-5,10-11,22H2,1H3,(H,23,25)/t;24-;;;/m.1.../s1. The minimum Gasteiger partial charge on any atom is -0.397 e. The van der Waals surface area contributed by atoms with E-state index in [0.717, 1.165) is 195 Å². The Kier molecular flexibility index (Phi) is 33.3. The zero-order valence-corrected chi connectivity index (χ0v) is 89.1. The van der Waals surface area contributed by atoms with Crippen LogP contribution < -0.4 is 85.5 Å². The number of nitrogens with two attached hydrogens (primary N) is 5. The number of piperazine rings is 2. The van der Waals surface area contributed by atoms with Crippen LogP contribution >= 0.6 is 56.7 Å². The highest BCUT2D eigenvalue weighted by Gasteiger charge is 2.37. The second-order valence-corrected chi connectivity index (χ2v) is 45.6. The number of hydrogen-bond donors (Lipinski definition) is 13. The maximum absolute atomic E-state index is 14.8. The van der Waals surface area contributed by atoms with Gasteiger partial charge in [0.05, 0.1) is 46.3 Å². The number of carbonyl (C=O) groups is 5. The first-order chi connectivity index (χ1) is 71.1. The van der Waals surface area contributed by atoms with Crippen molar-refractivity contribution in [2.24, 2.45) is 11.8 Å². The fraction of sp³-hybridized carbons (Fsp3) is 0.383. The number of thiophene rings is 5. The fourth-order valence-electron chi connectivity index (χ4n) is 21.0. The summed E-state index contributed by atoms with van der Waals surface area (Å²) in [6, 6.07) is 58.0. The SMILES string of the molecule is Cc1ccc2c(N)c(C(=O)NC3CC(c4ccc(N5CCNCC5)cc4)C3)sc2n1.Cc1ccc2c(N)c(C(=O)NCCc3ccc(N4CC5CCC(C5)C4)c(F)c3)sc2n1.Cc1ccc2c(N)c(C(=O)NCCc3ccc(N4CCCCC4)cc3C)sc2n1.Cc1ccc2c(N)c(C(=O)NCCc3ccc(N4CCN[C@@](C)(CO)C4)cc3)sc2c1.Cc1ccc2c(N)c(C(=O)NCCc3ccc4c(c3)CCCC4)sc2n1. The molecule has 2 saturated carbocycles. The number of hydrogen-bond acceptors (Lipinski definition) is 26. The van der Waals surface area contributed by atoms with E-state index in [9.17, 15) is 33.5 Å². The molecule has 4 saturated heterocycles. The number of nitrogens with zero attached hydrogens (tertiary/aromatic N) is 8. The third-order valence-corrected chi connectivity index (χ3v) is 35.1. The summed E-state index contributed by atoms with van der Waals surface area (Å²) < 4.78 is 15.9. The van der Waals surface area contributed by atoms with Crippen LogP contribution in [0, 0.1) is 59.2 Å². The van der Waals surface area contributed by atoms with Crippen molar-refractivity contribution in [1.29, 1.82) is 0 Å². The fourth-order valence-corrected chi connectivity index (χ4v) is 26.4. The van der Waals surface area contributed by atoms with Crippen LogP contribution in [0.5, 0.6) is 0 Å². The summed E-state index contributed by atoms with van der Waals surface area (Å²) in [4.78, 5) is 96.5. The highest BCUT2D eigenvalue weighted by molar-refractivity contribution is 7.23. The lowest BCUT2D eigenvalue weighted by atomic mass is 9.76. The number of piperidine rings is 2. The molecule has 768 valence electrons. The van der Waals surface area contributed by atoms with Gasteiger partial charge in [-0.3, -0.25) is 24.0 Å². The van der Waals surface area contributed by atoms with Gasteiger partial charge in [-0.15, -0.1) is 56.7 Å². The quantitative estimate of drug-likeness (QED) is 0.0267. The van der Waals surface area contributed by atoms with Crippen molar-refractivity contribution in [2.75, 3.05) is 153 Å². The number of aryl methyl sites for hydroxylation is 8. The van der Waals surface area contributed by atoms with Crippen LogP contribution in [-0.2, 0) is 38.5 Å². The first-order valence-corrected chi connectivity index (χ1v) is 55.8. The lowest BCUT2D eigenvalue weighted by Crippen LogP contribution is -2.60. The zero-order valence-electron chi connectivity index (χ0n) is 85.0. The van der Waals surface area contributed by atoms with Crippen molar-refractivity contribution in [3.05, 3.63) is 273 Å².